The minimum atomic E-state index is -0.441. The fraction of sp³-hybridized carbons (Fsp3) is 0.353. The first-order chi connectivity index (χ1) is 20.0. The topological polar surface area (TPSA) is 79.7 Å². The van der Waals surface area contributed by atoms with E-state index in [1.165, 1.54) is 29.5 Å². The number of benzene rings is 3. The van der Waals surface area contributed by atoms with Crippen molar-refractivity contribution in [2.45, 2.75) is 77.5 Å². The third kappa shape index (κ3) is 5.72. The first kappa shape index (κ1) is 27.1. The summed E-state index contributed by atoms with van der Waals surface area (Å²) in [7, 11) is 0. The molecule has 1 aliphatic carbocycles. The number of tetrazole rings is 1. The Hall–Kier alpha value is -4.10. The molecule has 41 heavy (non-hydrogen) atoms. The SMILES string of the molecule is Cc1cccc2cc(C(c3nnnn3C3CCCC3)N(Cc3ccccc3)Cc3ccc(C(C)C)cc3)c(=O)[nH]c12. The molecule has 7 nitrogen and oxygen atoms in total. The highest BCUT2D eigenvalue weighted by atomic mass is 16.1. The molecule has 210 valence electrons. The van der Waals surface area contributed by atoms with Crippen LogP contribution in [0.15, 0.2) is 83.7 Å². The van der Waals surface area contributed by atoms with E-state index in [1.54, 1.807) is 0 Å². The number of aromatic amines is 1. The number of aryl methyl sites for hydroxylation is 1. The van der Waals surface area contributed by atoms with Gasteiger partial charge in [0, 0.05) is 18.7 Å². The van der Waals surface area contributed by atoms with Crippen LogP contribution < -0.4 is 5.56 Å². The van der Waals surface area contributed by atoms with Gasteiger partial charge in [0.05, 0.1) is 11.6 Å². The summed E-state index contributed by atoms with van der Waals surface area (Å²) in [5.41, 5.74) is 6.14. The maximum atomic E-state index is 13.9. The van der Waals surface area contributed by atoms with E-state index in [0.717, 1.165) is 35.1 Å². The van der Waals surface area contributed by atoms with Crippen molar-refractivity contribution in [2.75, 3.05) is 0 Å². The van der Waals surface area contributed by atoms with Crippen molar-refractivity contribution in [3.05, 3.63) is 123 Å². The molecule has 1 saturated carbocycles. The molecular formula is C34H38N6O. The summed E-state index contributed by atoms with van der Waals surface area (Å²) in [5.74, 6) is 1.19. The average Bonchev–Trinajstić information content (AvgIpc) is 3.68. The number of aromatic nitrogens is 5. The number of rotatable bonds is 9. The Labute approximate surface area is 241 Å². The first-order valence-corrected chi connectivity index (χ1v) is 14.7. The van der Waals surface area contributed by atoms with Crippen molar-refractivity contribution in [3.8, 4) is 0 Å². The fourth-order valence-corrected chi connectivity index (χ4v) is 6.19. The highest BCUT2D eigenvalue weighted by molar-refractivity contribution is 5.82. The Kier molecular flexibility index (Phi) is 7.79. The van der Waals surface area contributed by atoms with Gasteiger partial charge in [0.15, 0.2) is 5.82 Å². The van der Waals surface area contributed by atoms with Crippen LogP contribution in [0.5, 0.6) is 0 Å². The van der Waals surface area contributed by atoms with Crippen molar-refractivity contribution in [1.29, 1.82) is 0 Å². The number of nitrogens with one attached hydrogen (secondary N) is 1. The second-order valence-corrected chi connectivity index (χ2v) is 11.7. The van der Waals surface area contributed by atoms with Gasteiger partial charge < -0.3 is 4.98 Å². The number of fused-ring (bicyclic) bond motifs is 1. The Balaban J connectivity index is 1.52. The van der Waals surface area contributed by atoms with Gasteiger partial charge in [0.2, 0.25) is 0 Å². The van der Waals surface area contributed by atoms with Crippen LogP contribution in [0.2, 0.25) is 0 Å². The number of pyridine rings is 1. The minimum absolute atomic E-state index is 0.106. The standard InChI is InChI=1S/C34H38N6O/c1-23(2)27-18-16-26(17-19-27)22-39(21-25-11-5-4-6-12-25)32(33-36-37-38-40(33)29-14-7-8-15-29)30-20-28-13-9-10-24(3)31(28)35-34(30)41/h4-6,9-13,16-20,23,29,32H,7-8,14-15,21-22H2,1-3H3,(H,35,41). The van der Waals surface area contributed by atoms with E-state index >= 15 is 0 Å². The third-order valence-corrected chi connectivity index (χ3v) is 8.47. The quantitative estimate of drug-likeness (QED) is 0.219. The van der Waals surface area contributed by atoms with Crippen LogP contribution in [0.1, 0.15) is 91.2 Å². The highest BCUT2D eigenvalue weighted by Gasteiger charge is 2.33. The molecule has 7 heteroatoms. The molecule has 1 aliphatic rings. The van der Waals surface area contributed by atoms with E-state index in [0.29, 0.717) is 24.6 Å². The summed E-state index contributed by atoms with van der Waals surface area (Å²) in [4.78, 5) is 19.5. The Morgan fingerprint density at radius 2 is 1.63 bits per heavy atom. The molecule has 0 saturated heterocycles. The van der Waals surface area contributed by atoms with E-state index in [9.17, 15) is 4.79 Å². The van der Waals surface area contributed by atoms with Crippen LogP contribution in [0.25, 0.3) is 10.9 Å². The van der Waals surface area contributed by atoms with Gasteiger partial charge in [0.1, 0.15) is 6.04 Å². The Morgan fingerprint density at radius 3 is 2.34 bits per heavy atom. The molecule has 5 aromatic rings. The van der Waals surface area contributed by atoms with Crippen molar-refractivity contribution < 1.29 is 0 Å². The van der Waals surface area contributed by atoms with Crippen molar-refractivity contribution in [1.82, 2.24) is 30.1 Å². The molecule has 0 bridgehead atoms. The smallest absolute Gasteiger partial charge is 0.253 e. The van der Waals surface area contributed by atoms with Crippen LogP contribution in [-0.2, 0) is 13.1 Å². The molecule has 1 atom stereocenters. The van der Waals surface area contributed by atoms with Gasteiger partial charge in [-0.1, -0.05) is 99.5 Å². The first-order valence-electron chi connectivity index (χ1n) is 14.7. The normalized spacial score (nSPS) is 14.9. The summed E-state index contributed by atoms with van der Waals surface area (Å²) in [6, 6.07) is 27.2. The zero-order valence-electron chi connectivity index (χ0n) is 24.1. The summed E-state index contributed by atoms with van der Waals surface area (Å²) in [6.07, 6.45) is 4.43. The van der Waals surface area contributed by atoms with Crippen LogP contribution in [0.3, 0.4) is 0 Å². The zero-order valence-corrected chi connectivity index (χ0v) is 24.1. The molecule has 1 fully saturated rings. The molecule has 2 heterocycles. The van der Waals surface area contributed by atoms with Gasteiger partial charge >= 0.3 is 0 Å². The van der Waals surface area contributed by atoms with Crippen LogP contribution >= 0.6 is 0 Å². The lowest BCUT2D eigenvalue weighted by Crippen LogP contribution is -2.35. The fourth-order valence-electron chi connectivity index (χ4n) is 6.19. The van der Waals surface area contributed by atoms with Crippen LogP contribution in [0, 0.1) is 6.92 Å². The van der Waals surface area contributed by atoms with E-state index in [4.69, 9.17) is 0 Å². The Bertz CT molecular complexity index is 1670. The summed E-state index contributed by atoms with van der Waals surface area (Å²) in [5, 5.41) is 14.3. The lowest BCUT2D eigenvalue weighted by molar-refractivity contribution is 0.190. The highest BCUT2D eigenvalue weighted by Crippen LogP contribution is 2.35. The van der Waals surface area contributed by atoms with Gasteiger partial charge in [-0.15, -0.1) is 5.10 Å². The molecule has 0 spiro atoms. The van der Waals surface area contributed by atoms with Gasteiger partial charge in [-0.2, -0.15) is 0 Å². The van der Waals surface area contributed by atoms with E-state index < -0.39 is 6.04 Å². The van der Waals surface area contributed by atoms with E-state index in [-0.39, 0.29) is 11.6 Å². The predicted octanol–water partition coefficient (Wildman–Crippen LogP) is 6.85. The van der Waals surface area contributed by atoms with E-state index in [1.807, 2.05) is 35.9 Å². The Morgan fingerprint density at radius 1 is 0.927 bits per heavy atom. The zero-order chi connectivity index (χ0) is 28.3. The maximum absolute atomic E-state index is 13.9. The predicted molar refractivity (Wildman–Crippen MR) is 163 cm³/mol. The number of hydrogen-bond donors (Lipinski definition) is 1. The van der Waals surface area contributed by atoms with Gasteiger partial charge in [-0.25, -0.2) is 4.68 Å². The second kappa shape index (κ2) is 11.8. The second-order valence-electron chi connectivity index (χ2n) is 11.7. The largest absolute Gasteiger partial charge is 0.321 e. The van der Waals surface area contributed by atoms with Gasteiger partial charge in [-0.3, -0.25) is 9.69 Å². The molecule has 1 N–H and O–H groups in total. The van der Waals surface area contributed by atoms with Crippen molar-refractivity contribution >= 4 is 10.9 Å². The lowest BCUT2D eigenvalue weighted by atomic mass is 9.99. The summed E-state index contributed by atoms with van der Waals surface area (Å²) in [6.45, 7) is 7.73. The molecule has 3 aromatic carbocycles. The summed E-state index contributed by atoms with van der Waals surface area (Å²) >= 11 is 0. The third-order valence-electron chi connectivity index (χ3n) is 8.47. The molecular weight excluding hydrogens is 508 g/mol. The van der Waals surface area contributed by atoms with Crippen LogP contribution in [-0.4, -0.2) is 30.1 Å². The van der Waals surface area contributed by atoms with Crippen molar-refractivity contribution in [2.24, 2.45) is 0 Å². The van der Waals surface area contributed by atoms with Gasteiger partial charge in [0.25, 0.3) is 5.56 Å². The maximum Gasteiger partial charge on any atom is 0.253 e. The lowest BCUT2D eigenvalue weighted by Gasteiger charge is -2.32. The van der Waals surface area contributed by atoms with E-state index in [2.05, 4.69) is 93.9 Å². The number of nitrogens with zero attached hydrogens (tertiary/aromatic N) is 5. The molecule has 1 unspecified atom stereocenters. The van der Waals surface area contributed by atoms with Crippen molar-refractivity contribution in [3.63, 3.8) is 0 Å². The summed E-state index contributed by atoms with van der Waals surface area (Å²) < 4.78 is 2.00. The van der Waals surface area contributed by atoms with Crippen LogP contribution in [0.4, 0.5) is 0 Å². The molecule has 6 rings (SSSR count). The minimum Gasteiger partial charge on any atom is -0.321 e. The molecule has 0 amide bonds. The average molecular weight is 547 g/mol. The monoisotopic (exact) mass is 546 g/mol. The van der Waals surface area contributed by atoms with Gasteiger partial charge in [-0.05, 0) is 69.8 Å². The number of para-hydroxylation sites is 1. The number of H-pyrrole nitrogens is 1. The molecule has 0 radical (unpaired) electrons. The molecule has 2 aromatic heterocycles. The number of hydrogen-bond acceptors (Lipinski definition) is 5. The molecule has 0 aliphatic heterocycles.